The van der Waals surface area contributed by atoms with Crippen LogP contribution in [0.1, 0.15) is 5.56 Å². The maximum atomic E-state index is 6.23. The fourth-order valence-corrected chi connectivity index (χ4v) is 5.10. The number of fused-ring (bicyclic) bond motifs is 3. The van der Waals surface area contributed by atoms with Gasteiger partial charge in [0.05, 0.1) is 22.6 Å². The van der Waals surface area contributed by atoms with Crippen LogP contribution in [-0.4, -0.2) is 9.97 Å². The molecule has 0 fully saturated rings. The summed E-state index contributed by atoms with van der Waals surface area (Å²) in [5.41, 5.74) is 9.60. The number of ether oxygens (including phenoxy) is 1. The summed E-state index contributed by atoms with van der Waals surface area (Å²) in [4.78, 5) is 11.5. The molecule has 0 aliphatic carbocycles. The summed E-state index contributed by atoms with van der Waals surface area (Å²) in [6.45, 7) is 2.16. The number of aromatic nitrogens is 2. The van der Waals surface area contributed by atoms with E-state index in [0.29, 0.717) is 0 Å². The summed E-state index contributed by atoms with van der Waals surface area (Å²) in [5, 5.41) is 1.10. The van der Waals surface area contributed by atoms with Crippen molar-refractivity contribution >= 4 is 28.0 Å². The molecule has 1 aliphatic rings. The van der Waals surface area contributed by atoms with Gasteiger partial charge in [-0.3, -0.25) is 4.98 Å². The average molecular weight is 478 g/mol. The van der Waals surface area contributed by atoms with Crippen LogP contribution in [0.5, 0.6) is 11.5 Å². The predicted molar refractivity (Wildman–Crippen MR) is 150 cm³/mol. The highest BCUT2D eigenvalue weighted by Gasteiger charge is 2.25. The molecule has 0 saturated carbocycles. The van der Waals surface area contributed by atoms with E-state index >= 15 is 0 Å². The molecule has 1 aliphatic heterocycles. The number of aryl methyl sites for hydroxylation is 1. The van der Waals surface area contributed by atoms with Gasteiger partial charge in [0.15, 0.2) is 11.5 Å². The summed E-state index contributed by atoms with van der Waals surface area (Å²) < 4.78 is 6.23. The topological polar surface area (TPSA) is 38.2 Å². The Morgan fingerprint density at radius 1 is 0.649 bits per heavy atom. The van der Waals surface area contributed by atoms with Crippen molar-refractivity contribution in [2.24, 2.45) is 0 Å². The van der Waals surface area contributed by atoms with Crippen LogP contribution in [0.4, 0.5) is 17.1 Å². The van der Waals surface area contributed by atoms with Gasteiger partial charge in [0.2, 0.25) is 0 Å². The second-order valence-electron chi connectivity index (χ2n) is 9.18. The molecule has 0 bridgehead atoms. The lowest BCUT2D eigenvalue weighted by atomic mass is 9.95. The summed E-state index contributed by atoms with van der Waals surface area (Å²) in [6.07, 6.45) is 3.62. The van der Waals surface area contributed by atoms with Gasteiger partial charge in [-0.1, -0.05) is 48.5 Å². The minimum atomic E-state index is 0.839. The molecule has 7 rings (SSSR count). The van der Waals surface area contributed by atoms with Crippen molar-refractivity contribution in [2.45, 2.75) is 6.92 Å². The molecule has 4 nitrogen and oxygen atoms in total. The van der Waals surface area contributed by atoms with Crippen LogP contribution in [0.25, 0.3) is 33.3 Å². The van der Waals surface area contributed by atoms with Crippen LogP contribution in [-0.2, 0) is 0 Å². The molecular weight excluding hydrogens is 454 g/mol. The average Bonchev–Trinajstić information content (AvgIpc) is 2.96. The zero-order valence-corrected chi connectivity index (χ0v) is 20.3. The van der Waals surface area contributed by atoms with Gasteiger partial charge >= 0.3 is 0 Å². The maximum absolute atomic E-state index is 6.23. The first-order chi connectivity index (χ1) is 18.3. The van der Waals surface area contributed by atoms with Crippen molar-refractivity contribution in [3.8, 4) is 33.9 Å². The fourth-order valence-electron chi connectivity index (χ4n) is 5.10. The van der Waals surface area contributed by atoms with Gasteiger partial charge in [-0.15, -0.1) is 0 Å². The quantitative estimate of drug-likeness (QED) is 0.255. The number of para-hydroxylation sites is 4. The van der Waals surface area contributed by atoms with Crippen molar-refractivity contribution in [1.29, 1.82) is 0 Å². The lowest BCUT2D eigenvalue weighted by molar-refractivity contribution is 0.477. The van der Waals surface area contributed by atoms with Crippen LogP contribution in [0.3, 0.4) is 0 Å². The van der Waals surface area contributed by atoms with Gasteiger partial charge in [0, 0.05) is 29.0 Å². The second kappa shape index (κ2) is 8.61. The molecule has 0 N–H and O–H groups in total. The zero-order valence-electron chi connectivity index (χ0n) is 20.3. The lowest BCUT2D eigenvalue weighted by Crippen LogP contribution is -2.15. The number of pyridine rings is 2. The lowest BCUT2D eigenvalue weighted by Gasteiger charge is -2.33. The SMILES string of the molecule is Cc1ccccc1-c1cc(-c2ccncc2)nc2ccc(N3c4ccccc4Oc4ccccc43)cc12. The van der Waals surface area contributed by atoms with Crippen LogP contribution in [0, 0.1) is 6.92 Å². The van der Waals surface area contributed by atoms with Crippen LogP contribution in [0.2, 0.25) is 0 Å². The van der Waals surface area contributed by atoms with Crippen molar-refractivity contribution < 1.29 is 4.74 Å². The Morgan fingerprint density at radius 2 is 1.32 bits per heavy atom. The zero-order chi connectivity index (χ0) is 24.8. The third kappa shape index (κ3) is 3.62. The Labute approximate surface area is 215 Å². The first-order valence-corrected chi connectivity index (χ1v) is 12.3. The van der Waals surface area contributed by atoms with Crippen molar-refractivity contribution in [3.05, 3.63) is 127 Å². The van der Waals surface area contributed by atoms with E-state index in [0.717, 1.165) is 56.3 Å². The molecule has 0 atom stereocenters. The van der Waals surface area contributed by atoms with Crippen LogP contribution in [0.15, 0.2) is 122 Å². The molecule has 0 saturated heterocycles. The van der Waals surface area contributed by atoms with Gasteiger partial charge in [-0.25, -0.2) is 4.98 Å². The van der Waals surface area contributed by atoms with Crippen LogP contribution < -0.4 is 9.64 Å². The first kappa shape index (κ1) is 21.3. The molecule has 0 spiro atoms. The molecule has 6 aromatic rings. The molecule has 4 aromatic carbocycles. The van der Waals surface area contributed by atoms with Crippen molar-refractivity contribution in [3.63, 3.8) is 0 Å². The van der Waals surface area contributed by atoms with Crippen molar-refractivity contribution in [1.82, 2.24) is 9.97 Å². The molecule has 0 radical (unpaired) electrons. The summed E-state index contributed by atoms with van der Waals surface area (Å²) in [6, 6.07) is 37.6. The fraction of sp³-hybridized carbons (Fsp3) is 0.0303. The minimum Gasteiger partial charge on any atom is -0.453 e. The molecule has 4 heteroatoms. The van der Waals surface area contributed by atoms with E-state index in [1.54, 1.807) is 0 Å². The second-order valence-corrected chi connectivity index (χ2v) is 9.18. The number of anilines is 3. The minimum absolute atomic E-state index is 0.839. The molecule has 37 heavy (non-hydrogen) atoms. The summed E-state index contributed by atoms with van der Waals surface area (Å²) in [5.74, 6) is 1.68. The van der Waals surface area contributed by atoms with Gasteiger partial charge in [0.25, 0.3) is 0 Å². The molecular formula is C33H23N3O. The van der Waals surface area contributed by atoms with Crippen molar-refractivity contribution in [2.75, 3.05) is 4.90 Å². The third-order valence-corrected chi connectivity index (χ3v) is 6.89. The smallest absolute Gasteiger partial charge is 0.151 e. The number of hydrogen-bond donors (Lipinski definition) is 0. The largest absolute Gasteiger partial charge is 0.453 e. The number of rotatable bonds is 3. The number of nitrogens with zero attached hydrogens (tertiary/aromatic N) is 3. The highest BCUT2D eigenvalue weighted by Crippen LogP contribution is 2.50. The summed E-state index contributed by atoms with van der Waals surface area (Å²) >= 11 is 0. The van der Waals surface area contributed by atoms with Gasteiger partial charge in [0.1, 0.15) is 0 Å². The first-order valence-electron chi connectivity index (χ1n) is 12.3. The number of hydrogen-bond acceptors (Lipinski definition) is 4. The van der Waals surface area contributed by atoms with Crippen LogP contribution >= 0.6 is 0 Å². The molecule has 176 valence electrons. The molecule has 3 heterocycles. The highest BCUT2D eigenvalue weighted by molar-refractivity contribution is 6.00. The van der Waals surface area contributed by atoms with E-state index < -0.39 is 0 Å². The van der Waals surface area contributed by atoms with Gasteiger partial charge < -0.3 is 9.64 Å². The van der Waals surface area contributed by atoms with E-state index in [1.807, 2.05) is 60.9 Å². The Kier molecular flexibility index (Phi) is 4.96. The van der Waals surface area contributed by atoms with E-state index in [9.17, 15) is 0 Å². The van der Waals surface area contributed by atoms with E-state index in [1.165, 1.54) is 11.1 Å². The molecule has 0 amide bonds. The Balaban J connectivity index is 1.49. The van der Waals surface area contributed by atoms with E-state index in [-0.39, 0.29) is 0 Å². The van der Waals surface area contributed by atoms with E-state index in [2.05, 4.69) is 77.5 Å². The Morgan fingerprint density at radius 3 is 2.05 bits per heavy atom. The van der Waals surface area contributed by atoms with Gasteiger partial charge in [-0.05, 0) is 84.3 Å². The van der Waals surface area contributed by atoms with E-state index in [4.69, 9.17) is 9.72 Å². The highest BCUT2D eigenvalue weighted by atomic mass is 16.5. The third-order valence-electron chi connectivity index (χ3n) is 6.89. The maximum Gasteiger partial charge on any atom is 0.151 e. The normalized spacial score (nSPS) is 12.1. The molecule has 0 unspecified atom stereocenters. The Hall–Kier alpha value is -4.96. The monoisotopic (exact) mass is 477 g/mol. The predicted octanol–water partition coefficient (Wildman–Crippen LogP) is 8.85. The van der Waals surface area contributed by atoms with Gasteiger partial charge in [-0.2, -0.15) is 0 Å². The Bertz CT molecular complexity index is 1730. The number of benzene rings is 4. The standard InChI is InChI=1S/C33H23N3O/c1-22-8-2-3-9-25(22)26-21-29(23-16-18-34-19-17-23)35-28-15-14-24(20-27(26)28)36-30-10-4-6-12-32(30)37-33-13-7-5-11-31(33)36/h2-21H,1H3. The molecule has 2 aromatic heterocycles. The summed E-state index contributed by atoms with van der Waals surface area (Å²) in [7, 11) is 0.